The molecule has 0 unspecified atom stereocenters. The number of carbonyl (C=O) groups excluding carboxylic acids is 2. The molecule has 1 fully saturated rings. The minimum Gasteiger partial charge on any atom is -0.494 e. The maximum absolute atomic E-state index is 12.6. The lowest BCUT2D eigenvalue weighted by Gasteiger charge is -2.10. The van der Waals surface area contributed by atoms with E-state index >= 15 is 0 Å². The first-order valence-corrected chi connectivity index (χ1v) is 13.6. The van der Waals surface area contributed by atoms with Gasteiger partial charge in [0.05, 0.1) is 12.2 Å². The smallest absolute Gasteiger partial charge is 0.343 e. The fourth-order valence-electron chi connectivity index (χ4n) is 4.30. The molecule has 6 nitrogen and oxygen atoms in total. The van der Waals surface area contributed by atoms with Gasteiger partial charge in [-0.2, -0.15) is 0 Å². The van der Waals surface area contributed by atoms with Crippen LogP contribution in [-0.2, 0) is 9.53 Å². The molecule has 0 spiro atoms. The molecule has 1 aliphatic rings. The van der Waals surface area contributed by atoms with Gasteiger partial charge in [-0.15, -0.1) is 0 Å². The van der Waals surface area contributed by atoms with Gasteiger partial charge in [-0.05, 0) is 78.9 Å². The van der Waals surface area contributed by atoms with E-state index in [1.807, 2.05) is 24.3 Å². The average Bonchev–Trinajstić information content (AvgIpc) is 3.49. The zero-order chi connectivity index (χ0) is 26.6. The van der Waals surface area contributed by atoms with E-state index in [-0.39, 0.29) is 5.97 Å². The summed E-state index contributed by atoms with van der Waals surface area (Å²) in [6.45, 7) is 3.51. The third-order valence-corrected chi connectivity index (χ3v) is 6.52. The molecule has 6 heteroatoms. The minimum atomic E-state index is -0.467. The van der Waals surface area contributed by atoms with Gasteiger partial charge in [0.2, 0.25) is 0 Å². The van der Waals surface area contributed by atoms with E-state index in [9.17, 15) is 9.59 Å². The number of esters is 2. The third-order valence-electron chi connectivity index (χ3n) is 6.52. The van der Waals surface area contributed by atoms with Crippen LogP contribution in [0.25, 0.3) is 11.1 Å². The number of carbonyl (C=O) groups is 2. The van der Waals surface area contributed by atoms with Crippen LogP contribution in [0.1, 0.15) is 68.6 Å². The normalized spacial score (nSPS) is 14.7. The van der Waals surface area contributed by atoms with Crippen molar-refractivity contribution in [1.82, 2.24) is 0 Å². The van der Waals surface area contributed by atoms with Gasteiger partial charge in [-0.1, -0.05) is 63.3 Å². The highest BCUT2D eigenvalue weighted by molar-refractivity contribution is 5.91. The van der Waals surface area contributed by atoms with Crippen LogP contribution in [0.15, 0.2) is 72.8 Å². The second kappa shape index (κ2) is 14.3. The van der Waals surface area contributed by atoms with Gasteiger partial charge in [-0.3, -0.25) is 0 Å². The van der Waals surface area contributed by atoms with Crippen molar-refractivity contribution >= 4 is 11.9 Å². The molecular weight excluding hydrogens is 480 g/mol. The molecular formula is C32H36O6. The molecule has 200 valence electrons. The lowest BCUT2D eigenvalue weighted by molar-refractivity contribution is -0.144. The first kappa shape index (κ1) is 27.4. The molecule has 0 radical (unpaired) electrons. The summed E-state index contributed by atoms with van der Waals surface area (Å²) in [5, 5.41) is 0. The van der Waals surface area contributed by atoms with Crippen LogP contribution in [0.3, 0.4) is 0 Å². The first-order chi connectivity index (χ1) is 18.6. The zero-order valence-corrected chi connectivity index (χ0v) is 22.0. The molecule has 4 rings (SSSR count). The molecule has 0 N–H and O–H groups in total. The van der Waals surface area contributed by atoms with Crippen molar-refractivity contribution in [3.05, 3.63) is 78.4 Å². The van der Waals surface area contributed by atoms with E-state index < -0.39 is 12.1 Å². The molecule has 0 amide bonds. The molecule has 1 aliphatic heterocycles. The quantitative estimate of drug-likeness (QED) is 0.134. The second-order valence-corrected chi connectivity index (χ2v) is 9.50. The predicted octanol–water partition coefficient (Wildman–Crippen LogP) is 7.40. The monoisotopic (exact) mass is 516 g/mol. The second-order valence-electron chi connectivity index (χ2n) is 9.50. The zero-order valence-electron chi connectivity index (χ0n) is 22.0. The summed E-state index contributed by atoms with van der Waals surface area (Å²) in [6.07, 6.45) is 8.43. The van der Waals surface area contributed by atoms with E-state index in [1.165, 1.54) is 32.1 Å². The van der Waals surface area contributed by atoms with Crippen LogP contribution in [0, 0.1) is 0 Å². The summed E-state index contributed by atoms with van der Waals surface area (Å²) in [4.78, 5) is 24.7. The Hall–Kier alpha value is -3.64. The molecule has 0 bridgehead atoms. The van der Waals surface area contributed by atoms with Crippen LogP contribution in [0.4, 0.5) is 0 Å². The lowest BCUT2D eigenvalue weighted by Crippen LogP contribution is -2.24. The molecule has 0 aromatic heterocycles. The van der Waals surface area contributed by atoms with Gasteiger partial charge in [0.1, 0.15) is 17.2 Å². The van der Waals surface area contributed by atoms with Gasteiger partial charge >= 0.3 is 11.9 Å². The fraction of sp³-hybridized carbons (Fsp3) is 0.375. The van der Waals surface area contributed by atoms with E-state index in [2.05, 4.69) is 6.92 Å². The summed E-state index contributed by atoms with van der Waals surface area (Å²) in [5.74, 6) is 0.935. The number of benzene rings is 3. The summed E-state index contributed by atoms with van der Waals surface area (Å²) in [5.41, 5.74) is 2.37. The maximum atomic E-state index is 12.6. The predicted molar refractivity (Wildman–Crippen MR) is 147 cm³/mol. The van der Waals surface area contributed by atoms with Gasteiger partial charge in [0.15, 0.2) is 6.10 Å². The number of unbranched alkanes of at least 4 members (excludes halogenated alkanes) is 5. The topological polar surface area (TPSA) is 71.1 Å². The van der Waals surface area contributed by atoms with Gasteiger partial charge in [-0.25, -0.2) is 9.59 Å². The van der Waals surface area contributed by atoms with Crippen molar-refractivity contribution in [3.63, 3.8) is 0 Å². The highest BCUT2D eigenvalue weighted by Crippen LogP contribution is 2.26. The van der Waals surface area contributed by atoms with Crippen molar-refractivity contribution < 1.29 is 28.5 Å². The Morgan fingerprint density at radius 1 is 0.737 bits per heavy atom. The Balaban J connectivity index is 1.23. The number of ether oxygens (including phenoxy) is 4. The Labute approximate surface area is 224 Å². The van der Waals surface area contributed by atoms with Crippen molar-refractivity contribution in [2.24, 2.45) is 0 Å². The van der Waals surface area contributed by atoms with Crippen LogP contribution in [-0.4, -0.2) is 31.3 Å². The molecule has 0 aliphatic carbocycles. The van der Waals surface area contributed by atoms with Crippen molar-refractivity contribution in [2.45, 2.75) is 64.4 Å². The van der Waals surface area contributed by atoms with E-state index in [4.69, 9.17) is 18.9 Å². The molecule has 1 atom stereocenters. The Morgan fingerprint density at radius 3 is 1.92 bits per heavy atom. The third kappa shape index (κ3) is 8.18. The molecule has 3 aromatic rings. The van der Waals surface area contributed by atoms with Crippen LogP contribution < -0.4 is 14.2 Å². The van der Waals surface area contributed by atoms with Crippen molar-refractivity contribution in [2.75, 3.05) is 13.2 Å². The molecule has 0 saturated carbocycles. The number of hydrogen-bond donors (Lipinski definition) is 0. The van der Waals surface area contributed by atoms with Crippen LogP contribution >= 0.6 is 0 Å². The molecule has 1 heterocycles. The largest absolute Gasteiger partial charge is 0.494 e. The minimum absolute atomic E-state index is 0.350. The highest BCUT2D eigenvalue weighted by atomic mass is 16.6. The van der Waals surface area contributed by atoms with Gasteiger partial charge in [0.25, 0.3) is 0 Å². The van der Waals surface area contributed by atoms with Gasteiger partial charge < -0.3 is 18.9 Å². The highest BCUT2D eigenvalue weighted by Gasteiger charge is 2.25. The van der Waals surface area contributed by atoms with E-state index in [0.29, 0.717) is 36.7 Å². The van der Waals surface area contributed by atoms with E-state index in [0.717, 1.165) is 29.7 Å². The molecule has 1 saturated heterocycles. The summed E-state index contributed by atoms with van der Waals surface area (Å²) in [7, 11) is 0. The average molecular weight is 517 g/mol. The summed E-state index contributed by atoms with van der Waals surface area (Å²) in [6, 6.07) is 21.6. The molecule has 38 heavy (non-hydrogen) atoms. The Morgan fingerprint density at radius 2 is 1.32 bits per heavy atom. The lowest BCUT2D eigenvalue weighted by atomic mass is 10.1. The molecule has 3 aromatic carbocycles. The number of hydrogen-bond acceptors (Lipinski definition) is 6. The summed E-state index contributed by atoms with van der Waals surface area (Å²) < 4.78 is 22.1. The summed E-state index contributed by atoms with van der Waals surface area (Å²) >= 11 is 0. The van der Waals surface area contributed by atoms with Crippen LogP contribution in [0.2, 0.25) is 0 Å². The first-order valence-electron chi connectivity index (χ1n) is 13.6. The standard InChI is InChI=1S/C32H36O6/c1-2-3-4-5-6-7-22-35-27-16-14-26(15-17-27)31(33)37-28-18-10-24(11-19-28)25-12-20-29(21-13-25)38-32(34)30-9-8-23-36-30/h10-21,30H,2-9,22-23H2,1H3/t30-/m1/s1. The maximum Gasteiger partial charge on any atom is 0.343 e. The van der Waals surface area contributed by atoms with E-state index in [1.54, 1.807) is 48.5 Å². The fourth-order valence-corrected chi connectivity index (χ4v) is 4.30. The SMILES string of the molecule is CCCCCCCCOc1ccc(C(=O)Oc2ccc(-c3ccc(OC(=O)[C@H]4CCCO4)cc3)cc2)cc1. The van der Waals surface area contributed by atoms with Crippen molar-refractivity contribution in [3.8, 4) is 28.4 Å². The Bertz CT molecular complexity index is 1150. The van der Waals surface area contributed by atoms with Crippen LogP contribution in [0.5, 0.6) is 17.2 Å². The Kier molecular flexibility index (Phi) is 10.3. The number of rotatable bonds is 13. The van der Waals surface area contributed by atoms with Gasteiger partial charge in [0, 0.05) is 6.61 Å². The van der Waals surface area contributed by atoms with Crippen molar-refractivity contribution in [1.29, 1.82) is 0 Å².